The average Bonchev–Trinajstić information content (AvgIpc) is 2.33. The van der Waals surface area contributed by atoms with Crippen LogP contribution in [0.4, 0.5) is 8.78 Å². The summed E-state index contributed by atoms with van der Waals surface area (Å²) in [7, 11) is 0. The summed E-state index contributed by atoms with van der Waals surface area (Å²) in [6.45, 7) is 1.78. The number of hydrazine groups is 1. The topological polar surface area (TPSA) is 38.0 Å². The minimum absolute atomic E-state index is 0.0370. The normalized spacial score (nSPS) is 12.5. The van der Waals surface area contributed by atoms with Crippen LogP contribution in [0, 0.1) is 18.6 Å². The number of aryl methyl sites for hydroxylation is 1. The third-order valence-electron chi connectivity index (χ3n) is 2.84. The number of nitrogens with one attached hydrogen (secondary N) is 1. The standard InChI is InChI=1S/C14H13ClF2N2/c1-8-4-10(6-11(16)5-8)14(19-18)9-2-3-12(15)13(17)7-9/h2-7,14,19H,18H2,1H3. The first-order chi connectivity index (χ1) is 9.01. The minimum Gasteiger partial charge on any atom is -0.271 e. The first-order valence-electron chi connectivity index (χ1n) is 5.69. The minimum atomic E-state index is -0.535. The first kappa shape index (κ1) is 13.9. The highest BCUT2D eigenvalue weighted by Crippen LogP contribution is 2.26. The van der Waals surface area contributed by atoms with Gasteiger partial charge in [0, 0.05) is 0 Å². The van der Waals surface area contributed by atoms with Gasteiger partial charge in [-0.2, -0.15) is 0 Å². The molecule has 0 aliphatic heterocycles. The highest BCUT2D eigenvalue weighted by Gasteiger charge is 2.15. The Morgan fingerprint density at radius 1 is 1.11 bits per heavy atom. The van der Waals surface area contributed by atoms with Gasteiger partial charge in [-0.1, -0.05) is 23.7 Å². The van der Waals surface area contributed by atoms with Crippen LogP contribution in [0.5, 0.6) is 0 Å². The Bertz CT molecular complexity index is 582. The van der Waals surface area contributed by atoms with Crippen molar-refractivity contribution >= 4 is 11.6 Å². The Labute approximate surface area is 115 Å². The van der Waals surface area contributed by atoms with Crippen LogP contribution >= 0.6 is 11.6 Å². The van der Waals surface area contributed by atoms with E-state index in [9.17, 15) is 8.78 Å². The predicted molar refractivity (Wildman–Crippen MR) is 71.7 cm³/mol. The van der Waals surface area contributed by atoms with E-state index < -0.39 is 11.9 Å². The molecule has 1 unspecified atom stereocenters. The van der Waals surface area contributed by atoms with E-state index in [0.29, 0.717) is 11.1 Å². The van der Waals surface area contributed by atoms with E-state index in [0.717, 1.165) is 5.56 Å². The molecule has 1 atom stereocenters. The molecule has 0 saturated heterocycles. The summed E-state index contributed by atoms with van der Waals surface area (Å²) in [5.41, 5.74) is 4.53. The molecule has 0 spiro atoms. The lowest BCUT2D eigenvalue weighted by atomic mass is 9.97. The fourth-order valence-corrected chi connectivity index (χ4v) is 2.13. The largest absolute Gasteiger partial charge is 0.271 e. The van der Waals surface area contributed by atoms with Crippen molar-refractivity contribution in [3.8, 4) is 0 Å². The van der Waals surface area contributed by atoms with Crippen molar-refractivity contribution in [2.24, 2.45) is 5.84 Å². The Morgan fingerprint density at radius 3 is 2.42 bits per heavy atom. The van der Waals surface area contributed by atoms with Crippen LogP contribution in [0.25, 0.3) is 0 Å². The molecule has 0 aliphatic rings. The van der Waals surface area contributed by atoms with Crippen molar-refractivity contribution in [3.05, 3.63) is 69.7 Å². The number of rotatable bonds is 3. The first-order valence-corrected chi connectivity index (χ1v) is 6.07. The Morgan fingerprint density at radius 2 is 1.84 bits per heavy atom. The van der Waals surface area contributed by atoms with Gasteiger partial charge >= 0.3 is 0 Å². The second-order valence-corrected chi connectivity index (χ2v) is 4.74. The number of halogens is 3. The van der Waals surface area contributed by atoms with Crippen LogP contribution in [-0.4, -0.2) is 0 Å². The molecule has 2 aromatic rings. The van der Waals surface area contributed by atoms with Crippen LogP contribution in [0.3, 0.4) is 0 Å². The van der Waals surface area contributed by atoms with Crippen LogP contribution in [0.15, 0.2) is 36.4 Å². The average molecular weight is 283 g/mol. The number of hydrogen-bond acceptors (Lipinski definition) is 2. The van der Waals surface area contributed by atoms with Gasteiger partial charge in [-0.25, -0.2) is 14.2 Å². The molecule has 2 rings (SSSR count). The lowest BCUT2D eigenvalue weighted by Crippen LogP contribution is -2.29. The highest BCUT2D eigenvalue weighted by atomic mass is 35.5. The van der Waals surface area contributed by atoms with Gasteiger partial charge in [0.2, 0.25) is 0 Å². The molecule has 5 heteroatoms. The van der Waals surface area contributed by atoms with Crippen molar-refractivity contribution in [1.29, 1.82) is 0 Å². The molecule has 0 amide bonds. The van der Waals surface area contributed by atoms with E-state index in [2.05, 4.69) is 5.43 Å². The molecule has 0 heterocycles. The number of benzene rings is 2. The van der Waals surface area contributed by atoms with E-state index in [4.69, 9.17) is 17.4 Å². The summed E-state index contributed by atoms with van der Waals surface area (Å²) >= 11 is 5.64. The zero-order valence-corrected chi connectivity index (χ0v) is 11.0. The molecule has 0 fully saturated rings. The molecule has 0 aromatic heterocycles. The van der Waals surface area contributed by atoms with Gasteiger partial charge < -0.3 is 0 Å². The smallest absolute Gasteiger partial charge is 0.142 e. The van der Waals surface area contributed by atoms with Crippen molar-refractivity contribution in [3.63, 3.8) is 0 Å². The van der Waals surface area contributed by atoms with Gasteiger partial charge in [-0.15, -0.1) is 0 Å². The molecule has 0 aliphatic carbocycles. The van der Waals surface area contributed by atoms with Crippen LogP contribution in [0.2, 0.25) is 5.02 Å². The molecular formula is C14H13ClF2N2. The second-order valence-electron chi connectivity index (χ2n) is 4.34. The maximum absolute atomic E-state index is 13.5. The molecule has 2 nitrogen and oxygen atoms in total. The van der Waals surface area contributed by atoms with Crippen LogP contribution in [-0.2, 0) is 0 Å². The summed E-state index contributed by atoms with van der Waals surface area (Å²) in [6, 6.07) is 8.46. The van der Waals surface area contributed by atoms with Gasteiger partial charge in [0.25, 0.3) is 0 Å². The Kier molecular flexibility index (Phi) is 4.14. The summed E-state index contributed by atoms with van der Waals surface area (Å²) < 4.78 is 26.9. The molecule has 2 aromatic carbocycles. The van der Waals surface area contributed by atoms with E-state index >= 15 is 0 Å². The maximum atomic E-state index is 13.5. The SMILES string of the molecule is Cc1cc(F)cc(C(NN)c2ccc(Cl)c(F)c2)c1. The van der Waals surface area contributed by atoms with Gasteiger partial charge in [0.05, 0.1) is 11.1 Å². The van der Waals surface area contributed by atoms with E-state index in [1.165, 1.54) is 24.3 Å². The lowest BCUT2D eigenvalue weighted by Gasteiger charge is -2.18. The van der Waals surface area contributed by atoms with E-state index in [-0.39, 0.29) is 10.8 Å². The molecule has 100 valence electrons. The number of nitrogens with two attached hydrogens (primary N) is 1. The molecule has 0 bridgehead atoms. The van der Waals surface area contributed by atoms with Crippen molar-refractivity contribution < 1.29 is 8.78 Å². The maximum Gasteiger partial charge on any atom is 0.142 e. The van der Waals surface area contributed by atoms with Crippen molar-refractivity contribution in [1.82, 2.24) is 5.43 Å². The highest BCUT2D eigenvalue weighted by molar-refractivity contribution is 6.30. The fourth-order valence-electron chi connectivity index (χ4n) is 2.01. The molecule has 0 radical (unpaired) electrons. The fraction of sp³-hybridized carbons (Fsp3) is 0.143. The number of hydrogen-bond donors (Lipinski definition) is 2. The van der Waals surface area contributed by atoms with Gasteiger partial charge in [0.15, 0.2) is 0 Å². The summed E-state index contributed by atoms with van der Waals surface area (Å²) in [4.78, 5) is 0. The molecule has 19 heavy (non-hydrogen) atoms. The van der Waals surface area contributed by atoms with Crippen molar-refractivity contribution in [2.45, 2.75) is 13.0 Å². The van der Waals surface area contributed by atoms with E-state index in [1.807, 2.05) is 0 Å². The van der Waals surface area contributed by atoms with Gasteiger partial charge in [-0.3, -0.25) is 5.84 Å². The summed E-state index contributed by atoms with van der Waals surface area (Å²) in [5, 5.41) is 0.0370. The lowest BCUT2D eigenvalue weighted by molar-refractivity contribution is 0.594. The molecule has 0 saturated carbocycles. The Balaban J connectivity index is 2.46. The quantitative estimate of drug-likeness (QED) is 0.668. The summed E-state index contributed by atoms with van der Waals surface area (Å²) in [5.74, 6) is 4.61. The monoisotopic (exact) mass is 282 g/mol. The predicted octanol–water partition coefficient (Wildman–Crippen LogP) is 3.48. The zero-order valence-electron chi connectivity index (χ0n) is 10.3. The summed E-state index contributed by atoms with van der Waals surface area (Å²) in [6.07, 6.45) is 0. The Hall–Kier alpha value is -1.49. The van der Waals surface area contributed by atoms with Gasteiger partial charge in [-0.05, 0) is 47.9 Å². The van der Waals surface area contributed by atoms with E-state index in [1.54, 1.807) is 19.1 Å². The second kappa shape index (κ2) is 5.65. The van der Waals surface area contributed by atoms with Crippen molar-refractivity contribution in [2.75, 3.05) is 0 Å². The third-order valence-corrected chi connectivity index (χ3v) is 3.15. The third kappa shape index (κ3) is 3.10. The van der Waals surface area contributed by atoms with Crippen LogP contribution < -0.4 is 11.3 Å². The van der Waals surface area contributed by atoms with Crippen LogP contribution in [0.1, 0.15) is 22.7 Å². The molecular weight excluding hydrogens is 270 g/mol. The zero-order chi connectivity index (χ0) is 14.0. The molecule has 3 N–H and O–H groups in total. The van der Waals surface area contributed by atoms with Gasteiger partial charge in [0.1, 0.15) is 11.6 Å².